The van der Waals surface area contributed by atoms with Crippen LogP contribution in [0.3, 0.4) is 0 Å². The Morgan fingerprint density at radius 3 is 2.72 bits per heavy atom. The van der Waals surface area contributed by atoms with Gasteiger partial charge in [-0.3, -0.25) is 15.5 Å². The molecule has 6 heteroatoms. The minimum Gasteiger partial charge on any atom is -0.270 e. The number of hydrogen-bond acceptors (Lipinski definition) is 4. The third kappa shape index (κ3) is 2.45. The lowest BCUT2D eigenvalue weighted by molar-refractivity contribution is 0.472. The van der Waals surface area contributed by atoms with Gasteiger partial charge in [0.25, 0.3) is 0 Å². The summed E-state index contributed by atoms with van der Waals surface area (Å²) in [6, 6.07) is 5.83. The molecule has 0 saturated carbocycles. The molecular formula is C12H16BrN5. The second kappa shape index (κ2) is 5.60. The highest BCUT2D eigenvalue weighted by Gasteiger charge is 2.22. The number of nitrogens with two attached hydrogens (primary N) is 1. The fourth-order valence-electron chi connectivity index (χ4n) is 1.88. The number of halogens is 1. The lowest BCUT2D eigenvalue weighted by Gasteiger charge is -2.19. The molecule has 0 spiro atoms. The smallest absolute Gasteiger partial charge is 0.106 e. The maximum atomic E-state index is 5.68. The van der Waals surface area contributed by atoms with Crippen molar-refractivity contribution in [2.45, 2.75) is 25.9 Å². The molecule has 0 aliphatic rings. The molecule has 0 aliphatic carbocycles. The molecule has 18 heavy (non-hydrogen) atoms. The molecule has 2 rings (SSSR count). The average molecular weight is 310 g/mol. The lowest BCUT2D eigenvalue weighted by atomic mass is 10.1. The number of pyridine rings is 1. The molecule has 2 aromatic rings. The Balaban J connectivity index is 2.48. The second-order valence-electron chi connectivity index (χ2n) is 4.27. The van der Waals surface area contributed by atoms with E-state index in [2.05, 4.69) is 45.3 Å². The molecule has 0 fully saturated rings. The van der Waals surface area contributed by atoms with E-state index in [0.717, 1.165) is 15.9 Å². The maximum absolute atomic E-state index is 5.68. The molecule has 96 valence electrons. The van der Waals surface area contributed by atoms with Gasteiger partial charge in [-0.2, -0.15) is 5.10 Å². The molecule has 2 heterocycles. The quantitative estimate of drug-likeness (QED) is 0.671. The molecular weight excluding hydrogens is 294 g/mol. The molecule has 3 N–H and O–H groups in total. The number of hydrazine groups is 1. The number of nitrogens with zero attached hydrogens (tertiary/aromatic N) is 3. The van der Waals surface area contributed by atoms with E-state index < -0.39 is 0 Å². The van der Waals surface area contributed by atoms with Crippen LogP contribution in [-0.2, 0) is 0 Å². The Hall–Kier alpha value is -1.24. The van der Waals surface area contributed by atoms with Crippen LogP contribution in [0, 0.1) is 0 Å². The molecule has 0 aliphatic heterocycles. The summed E-state index contributed by atoms with van der Waals surface area (Å²) in [6.45, 7) is 4.16. The van der Waals surface area contributed by atoms with E-state index in [9.17, 15) is 0 Å². The third-order valence-electron chi connectivity index (χ3n) is 2.70. The molecule has 1 unspecified atom stereocenters. The zero-order chi connectivity index (χ0) is 13.1. The van der Waals surface area contributed by atoms with Crippen molar-refractivity contribution in [3.8, 4) is 0 Å². The van der Waals surface area contributed by atoms with Gasteiger partial charge in [0.05, 0.1) is 22.1 Å². The summed E-state index contributed by atoms with van der Waals surface area (Å²) in [5.41, 5.74) is 4.65. The zero-order valence-electron chi connectivity index (χ0n) is 10.3. The molecule has 1 atom stereocenters. The molecule has 0 amide bonds. The van der Waals surface area contributed by atoms with E-state index in [4.69, 9.17) is 5.84 Å². The number of hydrogen-bond donors (Lipinski definition) is 2. The fraction of sp³-hybridized carbons (Fsp3) is 0.333. The monoisotopic (exact) mass is 309 g/mol. The van der Waals surface area contributed by atoms with E-state index in [0.29, 0.717) is 0 Å². The molecule has 0 bridgehead atoms. The van der Waals surface area contributed by atoms with Crippen LogP contribution in [0.4, 0.5) is 0 Å². The van der Waals surface area contributed by atoms with Crippen molar-refractivity contribution in [2.24, 2.45) is 5.84 Å². The first-order chi connectivity index (χ1) is 8.65. The van der Waals surface area contributed by atoms with E-state index >= 15 is 0 Å². The van der Waals surface area contributed by atoms with Crippen LogP contribution in [-0.4, -0.2) is 14.8 Å². The van der Waals surface area contributed by atoms with Crippen LogP contribution in [0.1, 0.15) is 37.3 Å². The molecule has 5 nitrogen and oxygen atoms in total. The van der Waals surface area contributed by atoms with Gasteiger partial charge in [0.1, 0.15) is 6.04 Å². The van der Waals surface area contributed by atoms with Gasteiger partial charge in [-0.25, -0.2) is 5.43 Å². The SMILES string of the molecule is CC(C)n1ncc(Br)c1C(NN)c1ccccn1. The van der Waals surface area contributed by atoms with E-state index in [-0.39, 0.29) is 12.1 Å². The van der Waals surface area contributed by atoms with Gasteiger partial charge in [-0.1, -0.05) is 6.07 Å². The van der Waals surface area contributed by atoms with Crippen molar-refractivity contribution >= 4 is 15.9 Å². The molecule has 0 radical (unpaired) electrons. The van der Waals surface area contributed by atoms with Crippen molar-refractivity contribution in [1.82, 2.24) is 20.2 Å². The van der Waals surface area contributed by atoms with Gasteiger partial charge in [0, 0.05) is 12.2 Å². The summed E-state index contributed by atoms with van der Waals surface area (Å²) in [5.74, 6) is 5.68. The Morgan fingerprint density at radius 2 is 2.17 bits per heavy atom. The largest absolute Gasteiger partial charge is 0.270 e. The average Bonchev–Trinajstić information content (AvgIpc) is 2.74. The zero-order valence-corrected chi connectivity index (χ0v) is 11.9. The summed E-state index contributed by atoms with van der Waals surface area (Å²) < 4.78 is 2.85. The number of nitrogens with one attached hydrogen (secondary N) is 1. The summed E-state index contributed by atoms with van der Waals surface area (Å²) in [6.07, 6.45) is 3.53. The van der Waals surface area contributed by atoms with Crippen molar-refractivity contribution in [3.05, 3.63) is 46.5 Å². The first kappa shape index (κ1) is 13.2. The van der Waals surface area contributed by atoms with Crippen LogP contribution in [0.5, 0.6) is 0 Å². The summed E-state index contributed by atoms with van der Waals surface area (Å²) >= 11 is 3.52. The van der Waals surface area contributed by atoms with E-state index in [1.807, 2.05) is 22.9 Å². The predicted molar refractivity (Wildman–Crippen MR) is 73.7 cm³/mol. The standard InChI is InChI=1S/C12H16BrN5/c1-8(2)18-12(9(13)7-16-18)11(17-14)10-5-3-4-6-15-10/h3-8,11,17H,14H2,1-2H3. The van der Waals surface area contributed by atoms with Crippen molar-refractivity contribution in [3.63, 3.8) is 0 Å². The van der Waals surface area contributed by atoms with Crippen LogP contribution in [0.15, 0.2) is 35.1 Å². The Bertz CT molecular complexity index is 508. The summed E-state index contributed by atoms with van der Waals surface area (Å²) in [7, 11) is 0. The minimum absolute atomic E-state index is 0.189. The molecule has 0 saturated heterocycles. The maximum Gasteiger partial charge on any atom is 0.106 e. The Labute approximate surface area is 115 Å². The first-order valence-electron chi connectivity index (χ1n) is 5.75. The Kier molecular flexibility index (Phi) is 4.11. The van der Waals surface area contributed by atoms with Gasteiger partial charge in [-0.05, 0) is 41.9 Å². The van der Waals surface area contributed by atoms with Crippen LogP contribution in [0.25, 0.3) is 0 Å². The Morgan fingerprint density at radius 1 is 1.39 bits per heavy atom. The minimum atomic E-state index is -0.189. The molecule has 2 aromatic heterocycles. The topological polar surface area (TPSA) is 68.8 Å². The van der Waals surface area contributed by atoms with Crippen molar-refractivity contribution in [2.75, 3.05) is 0 Å². The van der Waals surface area contributed by atoms with Gasteiger partial charge in [0.2, 0.25) is 0 Å². The highest BCUT2D eigenvalue weighted by atomic mass is 79.9. The van der Waals surface area contributed by atoms with Gasteiger partial charge in [0.15, 0.2) is 0 Å². The predicted octanol–water partition coefficient (Wildman–Crippen LogP) is 2.17. The van der Waals surface area contributed by atoms with Gasteiger partial charge < -0.3 is 0 Å². The van der Waals surface area contributed by atoms with Crippen LogP contribution < -0.4 is 11.3 Å². The lowest BCUT2D eigenvalue weighted by Crippen LogP contribution is -2.32. The van der Waals surface area contributed by atoms with Gasteiger partial charge >= 0.3 is 0 Å². The normalized spacial score (nSPS) is 12.9. The highest BCUT2D eigenvalue weighted by Crippen LogP contribution is 2.28. The fourth-order valence-corrected chi connectivity index (χ4v) is 2.39. The highest BCUT2D eigenvalue weighted by molar-refractivity contribution is 9.10. The third-order valence-corrected chi connectivity index (χ3v) is 3.31. The summed E-state index contributed by atoms with van der Waals surface area (Å²) in [5, 5.41) is 4.36. The number of aromatic nitrogens is 3. The first-order valence-corrected chi connectivity index (χ1v) is 6.54. The van der Waals surface area contributed by atoms with Crippen LogP contribution in [0.2, 0.25) is 0 Å². The summed E-state index contributed by atoms with van der Waals surface area (Å²) in [4.78, 5) is 4.34. The molecule has 0 aromatic carbocycles. The second-order valence-corrected chi connectivity index (χ2v) is 5.12. The van der Waals surface area contributed by atoms with Crippen molar-refractivity contribution in [1.29, 1.82) is 0 Å². The van der Waals surface area contributed by atoms with E-state index in [1.165, 1.54) is 0 Å². The van der Waals surface area contributed by atoms with Crippen molar-refractivity contribution < 1.29 is 0 Å². The van der Waals surface area contributed by atoms with E-state index in [1.54, 1.807) is 12.4 Å². The van der Waals surface area contributed by atoms with Gasteiger partial charge in [-0.15, -0.1) is 0 Å². The van der Waals surface area contributed by atoms with Crippen LogP contribution >= 0.6 is 15.9 Å². The number of rotatable bonds is 4.